The molecular weight excluding hydrogens is 511 g/mol. The van der Waals surface area contributed by atoms with Gasteiger partial charge < -0.3 is 14.8 Å². The standard InChI is InChI=1S/C25H19BrClFN2O3/c1-15-6-7-20(11-22(15)27)30-25(31)18(13-29)9-17-10-23(32-2)24(12-21(17)26)33-14-16-4-3-5-19(28)8-16/h3-12H,14H2,1-2H3,(H,30,31)/b18-9-. The highest BCUT2D eigenvalue weighted by atomic mass is 79.9. The lowest BCUT2D eigenvalue weighted by molar-refractivity contribution is -0.112. The molecule has 33 heavy (non-hydrogen) atoms. The monoisotopic (exact) mass is 528 g/mol. The molecule has 1 N–H and O–H groups in total. The number of carbonyl (C=O) groups is 1. The molecule has 0 saturated carbocycles. The molecule has 0 aliphatic heterocycles. The van der Waals surface area contributed by atoms with Crippen LogP contribution in [0.15, 0.2) is 64.6 Å². The molecule has 0 radical (unpaired) electrons. The van der Waals surface area contributed by atoms with Crippen LogP contribution in [0.3, 0.4) is 0 Å². The van der Waals surface area contributed by atoms with Crippen molar-refractivity contribution in [1.29, 1.82) is 5.26 Å². The van der Waals surface area contributed by atoms with Gasteiger partial charge in [0, 0.05) is 15.2 Å². The maximum absolute atomic E-state index is 13.4. The van der Waals surface area contributed by atoms with Crippen LogP contribution in [0.25, 0.3) is 6.08 Å². The van der Waals surface area contributed by atoms with Gasteiger partial charge >= 0.3 is 0 Å². The molecule has 0 heterocycles. The van der Waals surface area contributed by atoms with Gasteiger partial charge in [-0.15, -0.1) is 0 Å². The first-order valence-corrected chi connectivity index (χ1v) is 10.9. The summed E-state index contributed by atoms with van der Waals surface area (Å²) in [6.45, 7) is 1.99. The van der Waals surface area contributed by atoms with Gasteiger partial charge in [-0.1, -0.05) is 45.7 Å². The fourth-order valence-corrected chi connectivity index (χ4v) is 3.51. The van der Waals surface area contributed by atoms with Crippen LogP contribution in [-0.2, 0) is 11.4 Å². The van der Waals surface area contributed by atoms with Gasteiger partial charge in [0.05, 0.1) is 7.11 Å². The molecule has 1 amide bonds. The normalized spacial score (nSPS) is 11.0. The molecule has 0 spiro atoms. The molecule has 0 bridgehead atoms. The van der Waals surface area contributed by atoms with Crippen molar-refractivity contribution in [2.75, 3.05) is 12.4 Å². The van der Waals surface area contributed by atoms with E-state index in [9.17, 15) is 14.4 Å². The molecule has 8 heteroatoms. The maximum atomic E-state index is 13.4. The number of nitrogens with zero attached hydrogens (tertiary/aromatic N) is 1. The van der Waals surface area contributed by atoms with E-state index in [-0.39, 0.29) is 18.0 Å². The molecule has 0 atom stereocenters. The van der Waals surface area contributed by atoms with Gasteiger partial charge in [-0.25, -0.2) is 4.39 Å². The summed E-state index contributed by atoms with van der Waals surface area (Å²) in [6.07, 6.45) is 1.44. The number of hydrogen-bond donors (Lipinski definition) is 1. The topological polar surface area (TPSA) is 71.3 Å². The average molecular weight is 530 g/mol. The zero-order valence-electron chi connectivity index (χ0n) is 17.8. The van der Waals surface area contributed by atoms with Crippen LogP contribution in [0.2, 0.25) is 5.02 Å². The third-order valence-corrected chi connectivity index (χ3v) is 5.75. The first-order valence-electron chi connectivity index (χ1n) is 9.74. The number of nitriles is 1. The number of anilines is 1. The average Bonchev–Trinajstić information content (AvgIpc) is 2.79. The van der Waals surface area contributed by atoms with E-state index in [4.69, 9.17) is 21.1 Å². The summed E-state index contributed by atoms with van der Waals surface area (Å²) >= 11 is 9.54. The molecular formula is C25H19BrClFN2O3. The molecule has 0 fully saturated rings. The number of nitrogens with one attached hydrogen (secondary N) is 1. The highest BCUT2D eigenvalue weighted by Gasteiger charge is 2.14. The van der Waals surface area contributed by atoms with E-state index in [0.29, 0.717) is 37.8 Å². The summed E-state index contributed by atoms with van der Waals surface area (Å²) < 4.78 is 25.2. The number of benzene rings is 3. The van der Waals surface area contributed by atoms with E-state index in [1.807, 2.05) is 13.0 Å². The molecule has 3 rings (SSSR count). The Balaban J connectivity index is 1.82. The number of amides is 1. The van der Waals surface area contributed by atoms with Crippen molar-refractivity contribution in [3.63, 3.8) is 0 Å². The summed E-state index contributed by atoms with van der Waals surface area (Å²) in [7, 11) is 1.48. The molecule has 0 aromatic heterocycles. The van der Waals surface area contributed by atoms with Crippen molar-refractivity contribution in [2.45, 2.75) is 13.5 Å². The first kappa shape index (κ1) is 24.3. The van der Waals surface area contributed by atoms with Crippen LogP contribution in [0.1, 0.15) is 16.7 Å². The third kappa shape index (κ3) is 6.35. The first-order chi connectivity index (χ1) is 15.8. The van der Waals surface area contributed by atoms with Crippen molar-refractivity contribution >= 4 is 45.2 Å². The van der Waals surface area contributed by atoms with Gasteiger partial charge in [-0.05, 0) is 66.1 Å². The molecule has 3 aromatic rings. The van der Waals surface area contributed by atoms with Crippen LogP contribution >= 0.6 is 27.5 Å². The number of ether oxygens (including phenoxy) is 2. The van der Waals surface area contributed by atoms with E-state index in [1.54, 1.807) is 42.5 Å². The Morgan fingerprint density at radius 2 is 2.00 bits per heavy atom. The van der Waals surface area contributed by atoms with Gasteiger partial charge in [0.2, 0.25) is 0 Å². The fraction of sp³-hybridized carbons (Fsp3) is 0.120. The highest BCUT2D eigenvalue weighted by molar-refractivity contribution is 9.10. The van der Waals surface area contributed by atoms with Gasteiger partial charge in [-0.2, -0.15) is 5.26 Å². The van der Waals surface area contributed by atoms with Crippen molar-refractivity contribution in [3.8, 4) is 17.6 Å². The smallest absolute Gasteiger partial charge is 0.266 e. The Morgan fingerprint density at radius 3 is 2.67 bits per heavy atom. The highest BCUT2D eigenvalue weighted by Crippen LogP contribution is 2.35. The molecule has 168 valence electrons. The third-order valence-electron chi connectivity index (χ3n) is 4.66. The van der Waals surface area contributed by atoms with E-state index in [2.05, 4.69) is 21.2 Å². The minimum Gasteiger partial charge on any atom is -0.493 e. The predicted molar refractivity (Wildman–Crippen MR) is 130 cm³/mol. The number of methoxy groups -OCH3 is 1. The van der Waals surface area contributed by atoms with E-state index in [0.717, 1.165) is 5.56 Å². The zero-order chi connectivity index (χ0) is 24.0. The van der Waals surface area contributed by atoms with Crippen molar-refractivity contribution in [1.82, 2.24) is 0 Å². The lowest BCUT2D eigenvalue weighted by Gasteiger charge is -2.13. The maximum Gasteiger partial charge on any atom is 0.266 e. The van der Waals surface area contributed by atoms with Crippen LogP contribution < -0.4 is 14.8 Å². The quantitative estimate of drug-likeness (QED) is 0.274. The largest absolute Gasteiger partial charge is 0.493 e. The Bertz CT molecular complexity index is 1270. The SMILES string of the molecule is COc1cc(/C=C(/C#N)C(=O)Nc2ccc(C)c(Cl)c2)c(Br)cc1OCc1cccc(F)c1. The summed E-state index contributed by atoms with van der Waals surface area (Å²) in [5, 5.41) is 12.7. The van der Waals surface area contributed by atoms with E-state index in [1.165, 1.54) is 25.3 Å². The molecule has 0 unspecified atom stereocenters. The Morgan fingerprint density at radius 1 is 1.21 bits per heavy atom. The fourth-order valence-electron chi connectivity index (χ4n) is 2.89. The minimum absolute atomic E-state index is 0.108. The minimum atomic E-state index is -0.574. The molecule has 0 saturated heterocycles. The summed E-state index contributed by atoms with van der Waals surface area (Å²) in [6, 6.07) is 16.4. The van der Waals surface area contributed by atoms with E-state index >= 15 is 0 Å². The summed E-state index contributed by atoms with van der Waals surface area (Å²) in [5.74, 6) is -0.110. The second-order valence-electron chi connectivity index (χ2n) is 7.03. The van der Waals surface area contributed by atoms with Crippen LogP contribution in [0.4, 0.5) is 10.1 Å². The van der Waals surface area contributed by atoms with E-state index < -0.39 is 5.91 Å². The van der Waals surface area contributed by atoms with Crippen LogP contribution in [0.5, 0.6) is 11.5 Å². The molecule has 3 aromatic carbocycles. The van der Waals surface area contributed by atoms with Gasteiger partial charge in [0.15, 0.2) is 11.5 Å². The summed E-state index contributed by atoms with van der Waals surface area (Å²) in [4.78, 5) is 12.6. The van der Waals surface area contributed by atoms with Crippen molar-refractivity contribution in [2.24, 2.45) is 0 Å². The Kier molecular flexibility index (Phi) is 8.10. The Labute approximate surface area is 204 Å². The second kappa shape index (κ2) is 11.0. The lowest BCUT2D eigenvalue weighted by Crippen LogP contribution is -2.13. The number of halogens is 3. The zero-order valence-corrected chi connectivity index (χ0v) is 20.1. The number of aryl methyl sites for hydroxylation is 1. The van der Waals surface area contributed by atoms with Gasteiger partial charge in [0.1, 0.15) is 24.1 Å². The molecule has 0 aliphatic carbocycles. The molecule has 5 nitrogen and oxygen atoms in total. The van der Waals surface area contributed by atoms with Crippen molar-refractivity contribution in [3.05, 3.63) is 92.2 Å². The molecule has 0 aliphatic rings. The van der Waals surface area contributed by atoms with Crippen LogP contribution in [-0.4, -0.2) is 13.0 Å². The predicted octanol–water partition coefficient (Wildman–Crippen LogP) is 6.68. The van der Waals surface area contributed by atoms with Crippen LogP contribution in [0, 0.1) is 24.1 Å². The number of carbonyl (C=O) groups excluding carboxylic acids is 1. The van der Waals surface area contributed by atoms with Gasteiger partial charge in [0.25, 0.3) is 5.91 Å². The summed E-state index contributed by atoms with van der Waals surface area (Å²) in [5.41, 5.74) is 2.45. The number of hydrogen-bond acceptors (Lipinski definition) is 4. The second-order valence-corrected chi connectivity index (χ2v) is 8.29. The number of rotatable bonds is 7. The van der Waals surface area contributed by atoms with Crippen molar-refractivity contribution < 1.29 is 18.7 Å². The van der Waals surface area contributed by atoms with Gasteiger partial charge in [-0.3, -0.25) is 4.79 Å². The lowest BCUT2D eigenvalue weighted by atomic mass is 10.1. The Hall–Kier alpha value is -3.34.